The number of aryl methyl sites for hydroxylation is 1. The van der Waals surface area contributed by atoms with Crippen molar-refractivity contribution in [1.82, 2.24) is 10.1 Å². The highest BCUT2D eigenvalue weighted by atomic mass is 32.1. The summed E-state index contributed by atoms with van der Waals surface area (Å²) < 4.78 is 31.4. The predicted molar refractivity (Wildman–Crippen MR) is 109 cm³/mol. The van der Waals surface area contributed by atoms with Crippen LogP contribution in [-0.2, 0) is 6.42 Å². The van der Waals surface area contributed by atoms with Gasteiger partial charge in [-0.15, -0.1) is 11.3 Å². The Hall–Kier alpha value is -2.34. The maximum Gasteiger partial charge on any atom is 0.268 e. The van der Waals surface area contributed by atoms with Crippen LogP contribution in [0.25, 0.3) is 22.2 Å². The first-order chi connectivity index (χ1) is 13.9. The normalized spacial score (nSPS) is 13.4. The van der Waals surface area contributed by atoms with E-state index in [2.05, 4.69) is 37.0 Å². The summed E-state index contributed by atoms with van der Waals surface area (Å²) in [7, 11) is 1.57. The Morgan fingerprint density at radius 3 is 2.93 bits per heavy atom. The molecule has 144 valence electrons. The van der Waals surface area contributed by atoms with Gasteiger partial charge in [0.25, 0.3) is 5.89 Å². The molecule has 2 heterocycles. The third kappa shape index (κ3) is 4.50. The Bertz CT molecular complexity index is 955. The molecule has 0 aliphatic heterocycles. The average Bonchev–Trinajstić information content (AvgIpc) is 3.32. The summed E-state index contributed by atoms with van der Waals surface area (Å²) in [4.78, 5) is 6.80. The lowest BCUT2D eigenvalue weighted by atomic mass is 10.0. The fraction of sp³-hybridized carbons (Fsp3) is 0.429. The molecule has 0 saturated carbocycles. The van der Waals surface area contributed by atoms with E-state index in [0.717, 1.165) is 11.3 Å². The first-order valence-corrected chi connectivity index (χ1v) is 9.69. The minimum Gasteiger partial charge on any atom is -0.496 e. The highest BCUT2D eigenvalue weighted by molar-refractivity contribution is 7.15. The Morgan fingerprint density at radius 1 is 1.33 bits per heavy atom. The van der Waals surface area contributed by atoms with Crippen LogP contribution in [0.5, 0.6) is 11.5 Å². The molecule has 3 rings (SSSR count). The fourth-order valence-electron chi connectivity index (χ4n) is 2.80. The number of benzene rings is 1. The average molecular weight is 389 g/mol. The molecule has 0 bridgehead atoms. The summed E-state index contributed by atoms with van der Waals surface area (Å²) in [6.45, 7) is 6.69. The van der Waals surface area contributed by atoms with E-state index in [9.17, 15) is 0 Å². The number of hydrogen-bond acceptors (Lipinski definition) is 6. The van der Waals surface area contributed by atoms with Crippen molar-refractivity contribution in [1.29, 1.82) is 0 Å². The SMILES string of the molecule is [2H]CC([2H])COc1ccc(-c2noc(-c3cc(CC(C)C)c(C)s3)n2)c(OC)c1. The summed E-state index contributed by atoms with van der Waals surface area (Å²) >= 11 is 1.66. The summed E-state index contributed by atoms with van der Waals surface area (Å²) in [5.74, 6) is 2.67. The molecule has 0 amide bonds. The standard InChI is InChI=1S/C21H26N2O3S/c1-6-9-25-16-7-8-17(18(12-16)24-5)20-22-21(26-23-20)19-11-15(10-13(2)3)14(4)27-19/h7-8,11-13H,6,9-10H2,1-5H3/i1D,6D. The number of thiophene rings is 1. The Balaban J connectivity index is 1.82. The first kappa shape index (κ1) is 16.8. The van der Waals surface area contributed by atoms with Crippen LogP contribution in [-0.4, -0.2) is 23.9 Å². The number of hydrogen-bond donors (Lipinski definition) is 0. The lowest BCUT2D eigenvalue weighted by Gasteiger charge is -2.09. The quantitative estimate of drug-likeness (QED) is 0.490. The summed E-state index contributed by atoms with van der Waals surface area (Å²) in [6.07, 6.45) is 0.452. The summed E-state index contributed by atoms with van der Waals surface area (Å²) in [5.41, 5.74) is 2.02. The van der Waals surface area contributed by atoms with Crippen LogP contribution < -0.4 is 9.47 Å². The minimum atomic E-state index is -0.574. The number of aromatic nitrogens is 2. The molecule has 6 heteroatoms. The van der Waals surface area contributed by atoms with Gasteiger partial charge in [-0.25, -0.2) is 0 Å². The van der Waals surface area contributed by atoms with Gasteiger partial charge in [0.15, 0.2) is 0 Å². The minimum absolute atomic E-state index is 0.00192. The van der Waals surface area contributed by atoms with E-state index in [1.54, 1.807) is 30.6 Å². The van der Waals surface area contributed by atoms with E-state index in [1.807, 2.05) is 6.07 Å². The third-order valence-electron chi connectivity index (χ3n) is 4.07. The van der Waals surface area contributed by atoms with E-state index in [4.69, 9.17) is 16.7 Å². The molecule has 0 saturated heterocycles. The molecule has 2 aromatic heterocycles. The molecule has 1 atom stereocenters. The molecule has 27 heavy (non-hydrogen) atoms. The largest absolute Gasteiger partial charge is 0.496 e. The van der Waals surface area contributed by atoms with Crippen molar-refractivity contribution in [3.05, 3.63) is 34.7 Å². The third-order valence-corrected chi connectivity index (χ3v) is 5.15. The van der Waals surface area contributed by atoms with E-state index >= 15 is 0 Å². The summed E-state index contributed by atoms with van der Waals surface area (Å²) in [6, 6.07) is 7.46. The Labute approximate surface area is 167 Å². The van der Waals surface area contributed by atoms with Gasteiger partial charge < -0.3 is 14.0 Å². The predicted octanol–water partition coefficient (Wildman–Crippen LogP) is 5.77. The second-order valence-electron chi connectivity index (χ2n) is 6.67. The molecule has 0 fully saturated rings. The fourth-order valence-corrected chi connectivity index (χ4v) is 3.78. The molecule has 5 nitrogen and oxygen atoms in total. The molecule has 1 aromatic carbocycles. The van der Waals surface area contributed by atoms with Crippen LogP contribution in [0, 0.1) is 12.8 Å². The van der Waals surface area contributed by atoms with Crippen LogP contribution >= 0.6 is 11.3 Å². The maximum atomic E-state index is 7.61. The van der Waals surface area contributed by atoms with Crippen LogP contribution in [0.4, 0.5) is 0 Å². The van der Waals surface area contributed by atoms with Gasteiger partial charge >= 0.3 is 0 Å². The number of ether oxygens (including phenoxy) is 2. The zero-order valence-electron chi connectivity index (χ0n) is 18.1. The molecule has 1 unspecified atom stereocenters. The van der Waals surface area contributed by atoms with Crippen molar-refractivity contribution < 1.29 is 16.7 Å². The molecule has 0 spiro atoms. The topological polar surface area (TPSA) is 57.4 Å². The molecule has 0 aliphatic rings. The van der Waals surface area contributed by atoms with Crippen molar-refractivity contribution in [2.75, 3.05) is 13.7 Å². The molecule has 3 aromatic rings. The maximum absolute atomic E-state index is 7.61. The second-order valence-corrected chi connectivity index (χ2v) is 7.93. The zero-order valence-corrected chi connectivity index (χ0v) is 16.9. The summed E-state index contributed by atoms with van der Waals surface area (Å²) in [5, 5.41) is 4.13. The molecule has 0 N–H and O–H groups in total. The van der Waals surface area contributed by atoms with Crippen LogP contribution in [0.15, 0.2) is 28.8 Å². The van der Waals surface area contributed by atoms with Gasteiger partial charge in [-0.3, -0.25) is 0 Å². The molecular weight excluding hydrogens is 360 g/mol. The van der Waals surface area contributed by atoms with Gasteiger partial charge in [-0.1, -0.05) is 25.9 Å². The lowest BCUT2D eigenvalue weighted by molar-refractivity contribution is 0.314. The van der Waals surface area contributed by atoms with Gasteiger partial charge in [0, 0.05) is 13.7 Å². The first-order valence-electron chi connectivity index (χ1n) is 10.2. The van der Waals surface area contributed by atoms with Crippen LogP contribution in [0.2, 0.25) is 0 Å². The smallest absolute Gasteiger partial charge is 0.268 e. The van der Waals surface area contributed by atoms with Gasteiger partial charge in [0.2, 0.25) is 5.82 Å². The number of methoxy groups -OCH3 is 1. The monoisotopic (exact) mass is 388 g/mol. The van der Waals surface area contributed by atoms with Crippen LogP contribution in [0.3, 0.4) is 0 Å². The number of rotatable bonds is 8. The van der Waals surface area contributed by atoms with Gasteiger partial charge in [-0.05, 0) is 49.4 Å². The van der Waals surface area contributed by atoms with Gasteiger partial charge in [-0.2, -0.15) is 4.98 Å². The number of nitrogens with zero attached hydrogens (tertiary/aromatic N) is 2. The Kier molecular flexibility index (Phi) is 5.33. The van der Waals surface area contributed by atoms with E-state index in [1.165, 1.54) is 10.4 Å². The molecule has 0 aliphatic carbocycles. The van der Waals surface area contributed by atoms with Gasteiger partial charge in [0.1, 0.15) is 11.5 Å². The highest BCUT2D eigenvalue weighted by Gasteiger charge is 2.18. The highest BCUT2D eigenvalue weighted by Crippen LogP contribution is 2.35. The van der Waals surface area contributed by atoms with Crippen LogP contribution in [0.1, 0.15) is 40.3 Å². The molecule has 0 radical (unpaired) electrons. The van der Waals surface area contributed by atoms with Crippen molar-refractivity contribution in [3.8, 4) is 33.7 Å². The molecular formula is C21H26N2O3S. The lowest BCUT2D eigenvalue weighted by Crippen LogP contribution is -1.96. The van der Waals surface area contributed by atoms with Crippen molar-refractivity contribution in [2.45, 2.75) is 40.5 Å². The van der Waals surface area contributed by atoms with E-state index in [-0.39, 0.29) is 13.5 Å². The Morgan fingerprint density at radius 2 is 2.19 bits per heavy atom. The van der Waals surface area contributed by atoms with Crippen molar-refractivity contribution in [3.63, 3.8) is 0 Å². The van der Waals surface area contributed by atoms with E-state index in [0.29, 0.717) is 34.7 Å². The second kappa shape index (κ2) is 8.57. The van der Waals surface area contributed by atoms with Gasteiger partial charge in [0.05, 0.1) is 24.2 Å². The van der Waals surface area contributed by atoms with E-state index < -0.39 is 6.40 Å². The zero-order chi connectivity index (χ0) is 21.0. The van der Waals surface area contributed by atoms with Crippen molar-refractivity contribution in [2.24, 2.45) is 5.92 Å². The van der Waals surface area contributed by atoms with Crippen molar-refractivity contribution >= 4 is 11.3 Å².